The molecular formula is C22H27N3O4. The highest BCUT2D eigenvalue weighted by Crippen LogP contribution is 2.27. The Morgan fingerprint density at radius 2 is 1.69 bits per heavy atom. The Balaban J connectivity index is 2.03. The second-order valence-corrected chi connectivity index (χ2v) is 6.15. The number of para-hydroxylation sites is 1. The van der Waals surface area contributed by atoms with Gasteiger partial charge in [-0.15, -0.1) is 0 Å². The van der Waals surface area contributed by atoms with E-state index in [2.05, 4.69) is 15.8 Å². The van der Waals surface area contributed by atoms with Crippen molar-refractivity contribution in [2.75, 3.05) is 19.0 Å². The first-order valence-corrected chi connectivity index (χ1v) is 9.59. The Morgan fingerprint density at radius 1 is 1.00 bits per heavy atom. The molecule has 0 aliphatic carbocycles. The van der Waals surface area contributed by atoms with Gasteiger partial charge in [-0.05, 0) is 54.7 Å². The van der Waals surface area contributed by atoms with Crippen LogP contribution in [0.15, 0.2) is 41.5 Å². The van der Waals surface area contributed by atoms with Gasteiger partial charge in [0.2, 0.25) is 0 Å². The number of anilines is 1. The number of ether oxygens (including phenoxy) is 2. The fraction of sp³-hybridized carbons (Fsp3) is 0.318. The summed E-state index contributed by atoms with van der Waals surface area (Å²) >= 11 is 0. The summed E-state index contributed by atoms with van der Waals surface area (Å²) in [6, 6.07) is 11.1. The van der Waals surface area contributed by atoms with Crippen LogP contribution in [0.2, 0.25) is 0 Å². The van der Waals surface area contributed by atoms with E-state index in [4.69, 9.17) is 9.47 Å². The van der Waals surface area contributed by atoms with Gasteiger partial charge in [-0.1, -0.05) is 32.0 Å². The molecule has 0 aliphatic heterocycles. The quantitative estimate of drug-likeness (QED) is 0.406. The summed E-state index contributed by atoms with van der Waals surface area (Å²) in [6.07, 6.45) is 2.94. The number of amides is 2. The van der Waals surface area contributed by atoms with Crippen LogP contribution in [0.1, 0.15) is 37.5 Å². The number of benzene rings is 2. The normalized spacial score (nSPS) is 10.6. The molecule has 0 radical (unpaired) electrons. The summed E-state index contributed by atoms with van der Waals surface area (Å²) in [5.74, 6) is -0.422. The molecule has 0 atom stereocenters. The average Bonchev–Trinajstić information content (AvgIpc) is 2.74. The lowest BCUT2D eigenvalue weighted by atomic mass is 10.0. The molecule has 0 fully saturated rings. The first-order chi connectivity index (χ1) is 14.0. The van der Waals surface area contributed by atoms with Crippen LogP contribution in [0.25, 0.3) is 0 Å². The smallest absolute Gasteiger partial charge is 0.329 e. The van der Waals surface area contributed by atoms with Crippen LogP contribution in [-0.2, 0) is 22.4 Å². The first-order valence-electron chi connectivity index (χ1n) is 9.59. The molecule has 2 aromatic rings. The summed E-state index contributed by atoms with van der Waals surface area (Å²) in [6.45, 7) is 6.41. The molecule has 0 spiro atoms. The minimum atomic E-state index is -0.841. The molecule has 2 N–H and O–H groups in total. The SMILES string of the molecule is CCOc1ccc(/C=N\NC(=O)C(=O)Nc2c(CC)cccc2CC)cc1OC. The summed E-state index contributed by atoms with van der Waals surface area (Å²) in [4.78, 5) is 24.4. The van der Waals surface area contributed by atoms with Gasteiger partial charge in [0.25, 0.3) is 0 Å². The van der Waals surface area contributed by atoms with Crippen molar-refractivity contribution in [3.63, 3.8) is 0 Å². The van der Waals surface area contributed by atoms with Crippen molar-refractivity contribution in [2.24, 2.45) is 5.10 Å². The Bertz CT molecular complexity index is 871. The van der Waals surface area contributed by atoms with Crippen LogP contribution in [0, 0.1) is 0 Å². The molecule has 0 saturated carbocycles. The summed E-state index contributed by atoms with van der Waals surface area (Å²) in [5.41, 5.74) is 5.60. The van der Waals surface area contributed by atoms with Crippen molar-refractivity contribution >= 4 is 23.7 Å². The van der Waals surface area contributed by atoms with Gasteiger partial charge < -0.3 is 14.8 Å². The Labute approximate surface area is 171 Å². The number of hydrogen-bond donors (Lipinski definition) is 2. The first kappa shape index (κ1) is 21.9. The lowest BCUT2D eigenvalue weighted by molar-refractivity contribution is -0.136. The lowest BCUT2D eigenvalue weighted by Gasteiger charge is -2.13. The van der Waals surface area contributed by atoms with Crippen molar-refractivity contribution in [1.29, 1.82) is 0 Å². The molecule has 154 valence electrons. The number of nitrogens with zero attached hydrogens (tertiary/aromatic N) is 1. The van der Waals surface area contributed by atoms with E-state index in [0.29, 0.717) is 29.4 Å². The monoisotopic (exact) mass is 397 g/mol. The maximum Gasteiger partial charge on any atom is 0.329 e. The van der Waals surface area contributed by atoms with Gasteiger partial charge in [-0.2, -0.15) is 5.10 Å². The van der Waals surface area contributed by atoms with Gasteiger partial charge in [-0.25, -0.2) is 5.43 Å². The van der Waals surface area contributed by atoms with Gasteiger partial charge in [-0.3, -0.25) is 9.59 Å². The van der Waals surface area contributed by atoms with Crippen LogP contribution < -0.4 is 20.2 Å². The van der Waals surface area contributed by atoms with Crippen molar-refractivity contribution in [1.82, 2.24) is 5.43 Å². The average molecular weight is 397 g/mol. The third-order valence-electron chi connectivity index (χ3n) is 4.31. The highest BCUT2D eigenvalue weighted by molar-refractivity contribution is 6.39. The number of carbonyl (C=O) groups is 2. The third kappa shape index (κ3) is 5.81. The van der Waals surface area contributed by atoms with Crippen molar-refractivity contribution in [2.45, 2.75) is 33.6 Å². The number of rotatable bonds is 8. The zero-order valence-corrected chi connectivity index (χ0v) is 17.2. The van der Waals surface area contributed by atoms with Gasteiger partial charge >= 0.3 is 11.8 Å². The second kappa shape index (κ2) is 10.8. The summed E-state index contributed by atoms with van der Waals surface area (Å²) in [7, 11) is 1.55. The van der Waals surface area contributed by atoms with E-state index in [1.807, 2.05) is 39.0 Å². The molecule has 29 heavy (non-hydrogen) atoms. The number of aryl methyl sites for hydroxylation is 2. The molecule has 0 aliphatic rings. The zero-order valence-electron chi connectivity index (χ0n) is 17.2. The minimum absolute atomic E-state index is 0.524. The number of carbonyl (C=O) groups excluding carboxylic acids is 2. The van der Waals surface area contributed by atoms with Gasteiger partial charge in [0.15, 0.2) is 11.5 Å². The van der Waals surface area contributed by atoms with E-state index in [0.717, 1.165) is 24.0 Å². The maximum atomic E-state index is 12.3. The fourth-order valence-electron chi connectivity index (χ4n) is 2.83. The standard InChI is InChI=1S/C22H27N3O4/c1-5-16-9-8-10-17(6-2)20(16)24-21(26)22(27)25-23-14-15-11-12-18(29-7-3)19(13-15)28-4/h8-14H,5-7H2,1-4H3,(H,24,26)(H,25,27)/b23-14-. The van der Waals surface area contributed by atoms with E-state index in [1.54, 1.807) is 25.3 Å². The molecule has 2 amide bonds. The molecule has 0 bridgehead atoms. The van der Waals surface area contributed by atoms with Crippen LogP contribution in [0.5, 0.6) is 11.5 Å². The molecule has 2 aromatic carbocycles. The predicted octanol–water partition coefficient (Wildman–Crippen LogP) is 3.31. The van der Waals surface area contributed by atoms with Crippen molar-refractivity contribution in [3.8, 4) is 11.5 Å². The lowest BCUT2D eigenvalue weighted by Crippen LogP contribution is -2.33. The molecule has 7 nitrogen and oxygen atoms in total. The molecule has 0 saturated heterocycles. The minimum Gasteiger partial charge on any atom is -0.493 e. The van der Waals surface area contributed by atoms with Gasteiger partial charge in [0.1, 0.15) is 0 Å². The number of hydrogen-bond acceptors (Lipinski definition) is 5. The molecule has 0 aromatic heterocycles. The Morgan fingerprint density at radius 3 is 2.28 bits per heavy atom. The van der Waals surface area contributed by atoms with E-state index in [-0.39, 0.29) is 0 Å². The molecule has 0 heterocycles. The molecule has 0 unspecified atom stereocenters. The molecular weight excluding hydrogens is 370 g/mol. The van der Waals surface area contributed by atoms with Crippen LogP contribution in [0.3, 0.4) is 0 Å². The Kier molecular flexibility index (Phi) is 8.21. The number of methoxy groups -OCH3 is 1. The largest absolute Gasteiger partial charge is 0.493 e. The molecule has 7 heteroatoms. The predicted molar refractivity (Wildman–Crippen MR) is 114 cm³/mol. The van der Waals surface area contributed by atoms with Crippen LogP contribution >= 0.6 is 0 Å². The summed E-state index contributed by atoms with van der Waals surface area (Å²) < 4.78 is 10.7. The Hall–Kier alpha value is -3.35. The fourth-order valence-corrected chi connectivity index (χ4v) is 2.83. The summed E-state index contributed by atoms with van der Waals surface area (Å²) in [5, 5.41) is 6.57. The molecule has 2 rings (SSSR count). The van der Waals surface area contributed by atoms with E-state index < -0.39 is 11.8 Å². The zero-order chi connectivity index (χ0) is 21.2. The van der Waals surface area contributed by atoms with Crippen LogP contribution in [-0.4, -0.2) is 31.7 Å². The topological polar surface area (TPSA) is 89.0 Å². The third-order valence-corrected chi connectivity index (χ3v) is 4.31. The van der Waals surface area contributed by atoms with Crippen LogP contribution in [0.4, 0.5) is 5.69 Å². The van der Waals surface area contributed by atoms with E-state index in [9.17, 15) is 9.59 Å². The van der Waals surface area contributed by atoms with Crippen molar-refractivity contribution in [3.05, 3.63) is 53.1 Å². The van der Waals surface area contributed by atoms with Gasteiger partial charge in [0, 0.05) is 5.69 Å². The number of nitrogens with one attached hydrogen (secondary N) is 2. The van der Waals surface area contributed by atoms with Crippen molar-refractivity contribution < 1.29 is 19.1 Å². The van der Waals surface area contributed by atoms with Gasteiger partial charge in [0.05, 0.1) is 19.9 Å². The second-order valence-electron chi connectivity index (χ2n) is 6.15. The highest BCUT2D eigenvalue weighted by Gasteiger charge is 2.16. The number of hydrazone groups is 1. The van der Waals surface area contributed by atoms with E-state index >= 15 is 0 Å². The highest BCUT2D eigenvalue weighted by atomic mass is 16.5. The maximum absolute atomic E-state index is 12.3. The van der Waals surface area contributed by atoms with E-state index in [1.165, 1.54) is 6.21 Å².